The Hall–Kier alpha value is -3.62. The van der Waals surface area contributed by atoms with Gasteiger partial charge in [-0.15, -0.1) is 11.3 Å². The predicted octanol–water partition coefficient (Wildman–Crippen LogP) is 7.10. The summed E-state index contributed by atoms with van der Waals surface area (Å²) in [5.74, 6) is 0.166. The molecule has 0 fully saturated rings. The van der Waals surface area contributed by atoms with Crippen LogP contribution in [0.2, 0.25) is 0 Å². The van der Waals surface area contributed by atoms with Gasteiger partial charge in [0, 0.05) is 65.2 Å². The number of fused-ring (bicyclic) bond motifs is 3. The number of nitrogens with zero attached hydrogens (tertiary/aromatic N) is 2. The van der Waals surface area contributed by atoms with Crippen molar-refractivity contribution in [3.8, 4) is 39.4 Å². The van der Waals surface area contributed by atoms with Crippen LogP contribution >= 0.6 is 11.3 Å². The highest BCUT2D eigenvalue weighted by Crippen LogP contribution is 2.46. The van der Waals surface area contributed by atoms with Gasteiger partial charge < -0.3 is 19.7 Å². The van der Waals surface area contributed by atoms with Crippen LogP contribution in [0.15, 0.2) is 66.0 Å². The zero-order chi connectivity index (χ0) is 28.6. The van der Waals surface area contributed by atoms with E-state index in [1.165, 1.54) is 34.4 Å². The maximum Gasteiger partial charge on any atom is 0.130 e. The minimum absolute atomic E-state index is 0.331. The summed E-state index contributed by atoms with van der Waals surface area (Å²) in [6, 6.07) is 20.5. The summed E-state index contributed by atoms with van der Waals surface area (Å²) < 4.78 is 27.0. The molecule has 3 aromatic carbocycles. The van der Waals surface area contributed by atoms with Crippen LogP contribution in [-0.2, 0) is 30.7 Å². The van der Waals surface area contributed by atoms with Crippen LogP contribution in [0.4, 0.5) is 4.39 Å². The Morgan fingerprint density at radius 2 is 1.71 bits per heavy atom. The Morgan fingerprint density at radius 3 is 2.57 bits per heavy atom. The topological polar surface area (TPSA) is 46.6 Å². The van der Waals surface area contributed by atoms with E-state index in [1.54, 1.807) is 18.4 Å². The first-order valence-corrected chi connectivity index (χ1v) is 15.4. The van der Waals surface area contributed by atoms with Crippen LogP contribution in [0.1, 0.15) is 22.3 Å². The summed E-state index contributed by atoms with van der Waals surface area (Å²) in [5.41, 5.74) is 11.3. The first kappa shape index (κ1) is 27.2. The fourth-order valence-electron chi connectivity index (χ4n) is 6.23. The fourth-order valence-corrected chi connectivity index (χ4v) is 7.18. The molecule has 0 atom stereocenters. The molecule has 1 N–H and O–H groups in total. The van der Waals surface area contributed by atoms with Gasteiger partial charge in [0.05, 0.1) is 18.0 Å². The Labute approximate surface area is 249 Å². The van der Waals surface area contributed by atoms with E-state index in [-0.39, 0.29) is 5.82 Å². The van der Waals surface area contributed by atoms with Crippen LogP contribution in [0.3, 0.4) is 0 Å². The molecular weight excluding hydrogens is 545 g/mol. The van der Waals surface area contributed by atoms with Crippen molar-refractivity contribution in [3.63, 3.8) is 0 Å². The number of pyridine rings is 1. The van der Waals surface area contributed by atoms with E-state index in [0.29, 0.717) is 19.0 Å². The number of rotatable bonds is 7. The standard InChI is InChI=1S/C35H34FN3O2S/c1-39-13-10-23-18-25(4-6-27(23)21-39)34-32(29-8-7-28(36)19-31(29)41-15-14-40-2)35-30(11-16-42-35)33(38-34)24-3-5-26-20-37-12-9-22(26)17-24/h3-8,11,16-19,37H,9-10,12-15,20-21H2,1-2H3. The van der Waals surface area contributed by atoms with E-state index < -0.39 is 0 Å². The molecule has 2 aromatic heterocycles. The largest absolute Gasteiger partial charge is 0.490 e. The third kappa shape index (κ3) is 5.11. The first-order chi connectivity index (χ1) is 20.6. The third-order valence-corrected chi connectivity index (χ3v) is 9.35. The van der Waals surface area contributed by atoms with Crippen LogP contribution in [0.5, 0.6) is 5.75 Å². The molecule has 0 saturated heterocycles. The minimum atomic E-state index is -0.332. The number of nitrogens with one attached hydrogen (secondary N) is 1. The molecule has 0 saturated carbocycles. The maximum absolute atomic E-state index is 14.6. The number of aromatic nitrogens is 1. The van der Waals surface area contributed by atoms with Gasteiger partial charge in [-0.05, 0) is 84.4 Å². The lowest BCUT2D eigenvalue weighted by atomic mass is 9.91. The monoisotopic (exact) mass is 579 g/mol. The number of methoxy groups -OCH3 is 1. The highest BCUT2D eigenvalue weighted by molar-refractivity contribution is 7.18. The van der Waals surface area contributed by atoms with Crippen LogP contribution in [-0.4, -0.2) is 50.3 Å². The van der Waals surface area contributed by atoms with Crippen molar-refractivity contribution in [1.29, 1.82) is 0 Å². The normalized spacial score (nSPS) is 15.0. The summed E-state index contributed by atoms with van der Waals surface area (Å²) in [6.45, 7) is 4.62. The van der Waals surface area contributed by atoms with Gasteiger partial charge in [-0.3, -0.25) is 0 Å². The molecule has 0 aliphatic carbocycles. The van der Waals surface area contributed by atoms with Crippen molar-refractivity contribution in [3.05, 3.63) is 94.1 Å². The van der Waals surface area contributed by atoms with Crippen molar-refractivity contribution in [2.24, 2.45) is 0 Å². The highest BCUT2D eigenvalue weighted by Gasteiger charge is 2.24. The van der Waals surface area contributed by atoms with Gasteiger partial charge in [0.25, 0.3) is 0 Å². The van der Waals surface area contributed by atoms with E-state index in [2.05, 4.69) is 65.1 Å². The van der Waals surface area contributed by atoms with E-state index in [9.17, 15) is 4.39 Å². The molecule has 2 aliphatic heterocycles. The number of thiophene rings is 1. The van der Waals surface area contributed by atoms with Gasteiger partial charge in [-0.2, -0.15) is 0 Å². The van der Waals surface area contributed by atoms with Gasteiger partial charge in [-0.25, -0.2) is 9.37 Å². The van der Waals surface area contributed by atoms with Crippen LogP contribution in [0, 0.1) is 5.82 Å². The van der Waals surface area contributed by atoms with Gasteiger partial charge >= 0.3 is 0 Å². The van der Waals surface area contributed by atoms with Crippen LogP contribution in [0.25, 0.3) is 43.7 Å². The van der Waals surface area contributed by atoms with E-state index >= 15 is 0 Å². The van der Waals surface area contributed by atoms with Crippen LogP contribution < -0.4 is 10.1 Å². The second kappa shape index (κ2) is 11.6. The Morgan fingerprint density at radius 1 is 0.905 bits per heavy atom. The quantitative estimate of drug-likeness (QED) is 0.209. The zero-order valence-electron chi connectivity index (χ0n) is 24.0. The zero-order valence-corrected chi connectivity index (χ0v) is 24.8. The molecular formula is C35H34FN3O2S. The fraction of sp³-hybridized carbons (Fsp3) is 0.286. The lowest BCUT2D eigenvalue weighted by Gasteiger charge is -2.25. The van der Waals surface area contributed by atoms with Gasteiger partial charge in [0.2, 0.25) is 0 Å². The molecule has 42 heavy (non-hydrogen) atoms. The second-order valence-electron chi connectivity index (χ2n) is 11.2. The smallest absolute Gasteiger partial charge is 0.130 e. The molecule has 0 unspecified atom stereocenters. The molecule has 7 heteroatoms. The molecule has 0 bridgehead atoms. The first-order valence-electron chi connectivity index (χ1n) is 14.6. The number of benzene rings is 3. The van der Waals surface area contributed by atoms with Crippen molar-refractivity contribution in [2.75, 3.05) is 40.5 Å². The number of ether oxygens (including phenoxy) is 2. The molecule has 7 rings (SSSR count). The molecule has 0 spiro atoms. The Balaban J connectivity index is 1.47. The summed E-state index contributed by atoms with van der Waals surface area (Å²) in [7, 11) is 3.80. The SMILES string of the molecule is COCCOc1cc(F)ccc1-c1c(-c2ccc3c(c2)CCN(C)C3)nc(-c2ccc3c(c2)CCNC3)c2ccsc12. The Kier molecular flexibility index (Phi) is 7.50. The summed E-state index contributed by atoms with van der Waals surface area (Å²) >= 11 is 1.69. The molecule has 0 radical (unpaired) electrons. The highest BCUT2D eigenvalue weighted by atomic mass is 32.1. The molecule has 5 nitrogen and oxygen atoms in total. The molecule has 2 aliphatic rings. The van der Waals surface area contributed by atoms with E-state index in [4.69, 9.17) is 14.5 Å². The number of hydrogen-bond donors (Lipinski definition) is 1. The lowest BCUT2D eigenvalue weighted by molar-refractivity contribution is 0.146. The molecule has 214 valence electrons. The Bertz CT molecular complexity index is 1780. The maximum atomic E-state index is 14.6. The second-order valence-corrected chi connectivity index (χ2v) is 12.1. The average Bonchev–Trinajstić information content (AvgIpc) is 3.50. The molecule has 5 aromatic rings. The van der Waals surface area contributed by atoms with Crippen molar-refractivity contribution in [1.82, 2.24) is 15.2 Å². The van der Waals surface area contributed by atoms with Gasteiger partial charge in [-0.1, -0.05) is 24.3 Å². The molecule has 0 amide bonds. The number of likely N-dealkylation sites (N-methyl/N-ethyl adjacent to an activating group) is 1. The summed E-state index contributed by atoms with van der Waals surface area (Å²) in [6.07, 6.45) is 2.02. The minimum Gasteiger partial charge on any atom is -0.490 e. The summed E-state index contributed by atoms with van der Waals surface area (Å²) in [4.78, 5) is 7.83. The van der Waals surface area contributed by atoms with Gasteiger partial charge in [0.15, 0.2) is 0 Å². The third-order valence-electron chi connectivity index (χ3n) is 8.41. The van der Waals surface area contributed by atoms with Gasteiger partial charge in [0.1, 0.15) is 18.2 Å². The van der Waals surface area contributed by atoms with Crippen molar-refractivity contribution in [2.45, 2.75) is 25.9 Å². The van der Waals surface area contributed by atoms with E-state index in [0.717, 1.165) is 82.7 Å². The predicted molar refractivity (Wildman–Crippen MR) is 169 cm³/mol. The average molecular weight is 580 g/mol. The lowest BCUT2D eigenvalue weighted by Crippen LogP contribution is -2.26. The van der Waals surface area contributed by atoms with Crippen molar-refractivity contribution >= 4 is 21.4 Å². The molecule has 4 heterocycles. The van der Waals surface area contributed by atoms with E-state index in [1.807, 2.05) is 6.07 Å². The summed E-state index contributed by atoms with van der Waals surface area (Å²) in [5, 5.41) is 6.70. The van der Waals surface area contributed by atoms with Crippen molar-refractivity contribution < 1.29 is 13.9 Å². The number of hydrogen-bond acceptors (Lipinski definition) is 6. The number of halogens is 1.